The third kappa shape index (κ3) is 4.50. The molecule has 1 amide bonds. The quantitative estimate of drug-likeness (QED) is 0.602. The number of nitrogens with zero attached hydrogens (tertiary/aromatic N) is 2. The maximum atomic E-state index is 12.5. The van der Waals surface area contributed by atoms with E-state index in [1.54, 1.807) is 25.3 Å². The summed E-state index contributed by atoms with van der Waals surface area (Å²) in [5, 5.41) is 26.8. The summed E-state index contributed by atoms with van der Waals surface area (Å²) in [6, 6.07) is 5.47. The van der Waals surface area contributed by atoms with Crippen molar-refractivity contribution >= 4 is 16.8 Å². The Morgan fingerprint density at radius 3 is 2.84 bits per heavy atom. The van der Waals surface area contributed by atoms with Crippen LogP contribution in [0.4, 0.5) is 0 Å². The van der Waals surface area contributed by atoms with Gasteiger partial charge in [0.2, 0.25) is 0 Å². The first-order chi connectivity index (χ1) is 11.9. The highest BCUT2D eigenvalue weighted by atomic mass is 16.3. The average molecular weight is 344 g/mol. The van der Waals surface area contributed by atoms with E-state index in [4.69, 9.17) is 0 Å². The van der Waals surface area contributed by atoms with E-state index in [9.17, 15) is 15.0 Å². The molecule has 1 aromatic heterocycles. The number of hydrogen-bond acceptors (Lipinski definition) is 6. The number of hydrogen-bond donors (Lipinski definition) is 4. The van der Waals surface area contributed by atoms with Crippen molar-refractivity contribution in [2.75, 3.05) is 6.54 Å². The fourth-order valence-electron chi connectivity index (χ4n) is 3.26. The first-order valence-electron chi connectivity index (χ1n) is 8.60. The van der Waals surface area contributed by atoms with E-state index in [1.165, 1.54) is 6.33 Å². The molecule has 1 atom stereocenters. The second-order valence-electron chi connectivity index (χ2n) is 6.87. The number of nitrogens with one attached hydrogen (secondary N) is 2. The van der Waals surface area contributed by atoms with Crippen molar-refractivity contribution in [1.29, 1.82) is 0 Å². The molecule has 1 saturated carbocycles. The summed E-state index contributed by atoms with van der Waals surface area (Å²) in [6.07, 6.45) is 5.92. The van der Waals surface area contributed by atoms with Crippen molar-refractivity contribution in [2.45, 2.75) is 50.5 Å². The van der Waals surface area contributed by atoms with Gasteiger partial charge in [0.05, 0.1) is 23.7 Å². The van der Waals surface area contributed by atoms with Crippen LogP contribution >= 0.6 is 0 Å². The van der Waals surface area contributed by atoms with E-state index in [0.717, 1.165) is 31.1 Å². The van der Waals surface area contributed by atoms with Gasteiger partial charge in [0, 0.05) is 17.6 Å². The molecule has 1 fully saturated rings. The molecule has 1 aliphatic rings. The Bertz CT molecular complexity index is 737. The third-order valence-corrected chi connectivity index (χ3v) is 4.58. The zero-order valence-electron chi connectivity index (χ0n) is 14.3. The molecule has 0 bridgehead atoms. The lowest BCUT2D eigenvalue weighted by Crippen LogP contribution is -2.55. The molecule has 1 aromatic carbocycles. The number of aliphatic hydroxyl groups is 2. The van der Waals surface area contributed by atoms with E-state index in [0.29, 0.717) is 11.1 Å². The number of benzene rings is 1. The zero-order valence-corrected chi connectivity index (χ0v) is 14.3. The summed E-state index contributed by atoms with van der Waals surface area (Å²) in [5.74, 6) is -0.287. The van der Waals surface area contributed by atoms with E-state index < -0.39 is 5.72 Å². The van der Waals surface area contributed by atoms with Crippen LogP contribution in [0.5, 0.6) is 0 Å². The third-order valence-electron chi connectivity index (χ3n) is 4.58. The standard InChI is InChI=1S/C18H24N4O3/c1-18(25,22-13-5-7-14(23)8-6-13)10-20-17(24)15-4-2-3-12-9-19-11-21-16(12)15/h2-4,9,11,13-14,22-23,25H,5-8,10H2,1H3,(H,20,24)/t13?,14?,18-/m1/s1. The van der Waals surface area contributed by atoms with Gasteiger partial charge in [0.25, 0.3) is 5.91 Å². The lowest BCUT2D eigenvalue weighted by atomic mass is 9.92. The number of carbonyl (C=O) groups excluding carboxylic acids is 1. The fourth-order valence-corrected chi connectivity index (χ4v) is 3.26. The highest BCUT2D eigenvalue weighted by molar-refractivity contribution is 6.05. The lowest BCUT2D eigenvalue weighted by molar-refractivity contribution is 0.00123. The number of para-hydroxylation sites is 1. The number of rotatable bonds is 5. The largest absolute Gasteiger partial charge is 0.393 e. The predicted octanol–water partition coefficient (Wildman–Crippen LogP) is 0.961. The molecule has 0 saturated heterocycles. The molecule has 0 unspecified atom stereocenters. The summed E-state index contributed by atoms with van der Waals surface area (Å²) in [6.45, 7) is 1.72. The second-order valence-corrected chi connectivity index (χ2v) is 6.87. The normalized spacial score (nSPS) is 23.2. The maximum Gasteiger partial charge on any atom is 0.253 e. The summed E-state index contributed by atoms with van der Waals surface area (Å²) < 4.78 is 0. The van der Waals surface area contributed by atoms with Gasteiger partial charge >= 0.3 is 0 Å². The Kier molecular flexibility index (Phi) is 5.27. The van der Waals surface area contributed by atoms with E-state index in [-0.39, 0.29) is 24.6 Å². The number of aromatic nitrogens is 2. The van der Waals surface area contributed by atoms with Gasteiger partial charge in [-0.25, -0.2) is 9.97 Å². The molecule has 0 spiro atoms. The summed E-state index contributed by atoms with van der Waals surface area (Å²) >= 11 is 0. The van der Waals surface area contributed by atoms with Crippen molar-refractivity contribution in [1.82, 2.24) is 20.6 Å². The minimum absolute atomic E-state index is 0.0758. The van der Waals surface area contributed by atoms with E-state index in [2.05, 4.69) is 20.6 Å². The molecule has 0 aliphatic heterocycles. The van der Waals surface area contributed by atoms with Crippen molar-refractivity contribution in [3.05, 3.63) is 36.3 Å². The van der Waals surface area contributed by atoms with Crippen LogP contribution in [0.25, 0.3) is 10.9 Å². The van der Waals surface area contributed by atoms with Crippen LogP contribution in [0.2, 0.25) is 0 Å². The Labute approximate surface area is 146 Å². The first-order valence-corrected chi connectivity index (χ1v) is 8.60. The first kappa shape index (κ1) is 17.7. The number of aliphatic hydroxyl groups excluding tert-OH is 1. The van der Waals surface area contributed by atoms with Crippen LogP contribution in [0.3, 0.4) is 0 Å². The highest BCUT2D eigenvalue weighted by Crippen LogP contribution is 2.20. The van der Waals surface area contributed by atoms with Gasteiger partial charge in [0.15, 0.2) is 0 Å². The van der Waals surface area contributed by atoms with Gasteiger partial charge < -0.3 is 15.5 Å². The maximum absolute atomic E-state index is 12.5. The van der Waals surface area contributed by atoms with Gasteiger partial charge in [-0.1, -0.05) is 12.1 Å². The van der Waals surface area contributed by atoms with E-state index in [1.807, 2.05) is 6.07 Å². The Morgan fingerprint density at radius 2 is 2.08 bits per heavy atom. The summed E-state index contributed by atoms with van der Waals surface area (Å²) in [7, 11) is 0. The molecule has 1 heterocycles. The lowest BCUT2D eigenvalue weighted by Gasteiger charge is -2.34. The van der Waals surface area contributed by atoms with Crippen LogP contribution in [-0.2, 0) is 0 Å². The highest BCUT2D eigenvalue weighted by Gasteiger charge is 2.28. The van der Waals surface area contributed by atoms with Crippen molar-refractivity contribution < 1.29 is 15.0 Å². The van der Waals surface area contributed by atoms with Crippen LogP contribution in [0, 0.1) is 0 Å². The Morgan fingerprint density at radius 1 is 1.32 bits per heavy atom. The van der Waals surface area contributed by atoms with E-state index >= 15 is 0 Å². The van der Waals surface area contributed by atoms with Crippen molar-refractivity contribution in [3.8, 4) is 0 Å². The molecular weight excluding hydrogens is 320 g/mol. The minimum atomic E-state index is -1.22. The molecule has 7 nitrogen and oxygen atoms in total. The van der Waals surface area contributed by atoms with Crippen LogP contribution in [0.15, 0.2) is 30.7 Å². The second kappa shape index (κ2) is 7.43. The van der Waals surface area contributed by atoms with Crippen molar-refractivity contribution in [2.24, 2.45) is 0 Å². The molecule has 0 radical (unpaired) electrons. The SMILES string of the molecule is C[C@@](O)(CNC(=O)c1cccc2cncnc12)NC1CCC(O)CC1. The van der Waals surface area contributed by atoms with Crippen LogP contribution in [-0.4, -0.2) is 50.5 Å². The molecule has 134 valence electrons. The fraction of sp³-hybridized carbons (Fsp3) is 0.500. The number of carbonyl (C=O) groups is 1. The van der Waals surface area contributed by atoms with Gasteiger partial charge in [-0.2, -0.15) is 0 Å². The zero-order chi connectivity index (χ0) is 17.9. The molecule has 4 N–H and O–H groups in total. The average Bonchev–Trinajstić information content (AvgIpc) is 2.61. The van der Waals surface area contributed by atoms with Gasteiger partial charge in [0.1, 0.15) is 12.1 Å². The van der Waals surface area contributed by atoms with Crippen LogP contribution < -0.4 is 10.6 Å². The molecule has 2 aromatic rings. The van der Waals surface area contributed by atoms with Gasteiger partial charge in [-0.3, -0.25) is 10.1 Å². The Balaban J connectivity index is 1.61. The summed E-state index contributed by atoms with van der Waals surface area (Å²) in [4.78, 5) is 20.6. The van der Waals surface area contributed by atoms with Crippen molar-refractivity contribution in [3.63, 3.8) is 0 Å². The van der Waals surface area contributed by atoms with Gasteiger partial charge in [-0.15, -0.1) is 0 Å². The Hall–Kier alpha value is -2.09. The molecular formula is C18H24N4O3. The predicted molar refractivity (Wildman–Crippen MR) is 93.9 cm³/mol. The topological polar surface area (TPSA) is 107 Å². The molecule has 7 heteroatoms. The summed E-state index contributed by atoms with van der Waals surface area (Å²) in [5.41, 5.74) is -0.178. The van der Waals surface area contributed by atoms with Crippen LogP contribution in [0.1, 0.15) is 43.0 Å². The molecule has 3 rings (SSSR count). The molecule has 1 aliphatic carbocycles. The number of fused-ring (bicyclic) bond motifs is 1. The smallest absolute Gasteiger partial charge is 0.253 e. The number of amides is 1. The molecule has 25 heavy (non-hydrogen) atoms. The minimum Gasteiger partial charge on any atom is -0.393 e. The monoisotopic (exact) mass is 344 g/mol. The van der Waals surface area contributed by atoms with Gasteiger partial charge in [-0.05, 0) is 38.7 Å².